The summed E-state index contributed by atoms with van der Waals surface area (Å²) in [6.45, 7) is 6.16. The zero-order valence-corrected chi connectivity index (χ0v) is 10.5. The van der Waals surface area contributed by atoms with Crippen molar-refractivity contribution < 1.29 is 4.74 Å². The molecule has 0 saturated carbocycles. The Labute approximate surface area is 99.9 Å². The van der Waals surface area contributed by atoms with Gasteiger partial charge in [0.25, 0.3) is 0 Å². The summed E-state index contributed by atoms with van der Waals surface area (Å²) in [6.07, 6.45) is 3.65. The first-order valence-electron chi connectivity index (χ1n) is 5.24. The van der Waals surface area contributed by atoms with E-state index in [4.69, 9.17) is 4.74 Å². The van der Waals surface area contributed by atoms with Crippen molar-refractivity contribution in [2.75, 3.05) is 0 Å². The summed E-state index contributed by atoms with van der Waals surface area (Å²) in [5, 5.41) is 0.950. The van der Waals surface area contributed by atoms with Gasteiger partial charge in [-0.25, -0.2) is 0 Å². The standard InChI is InChI=1S/C13H15NOS/c1-13(2,3)15-12-7-6-11(16-12)10-5-4-8-14-9-10/h4-9H,1-3H3. The molecule has 0 atom stereocenters. The van der Waals surface area contributed by atoms with Crippen LogP contribution in [0.3, 0.4) is 0 Å². The lowest BCUT2D eigenvalue weighted by molar-refractivity contribution is 0.136. The first kappa shape index (κ1) is 11.1. The van der Waals surface area contributed by atoms with E-state index in [2.05, 4.69) is 37.9 Å². The molecule has 0 bridgehead atoms. The van der Waals surface area contributed by atoms with Crippen LogP contribution in [0.5, 0.6) is 5.06 Å². The van der Waals surface area contributed by atoms with Crippen LogP contribution in [0.25, 0.3) is 10.4 Å². The van der Waals surface area contributed by atoms with Gasteiger partial charge in [0.15, 0.2) is 5.06 Å². The zero-order chi connectivity index (χ0) is 11.6. The third kappa shape index (κ3) is 2.83. The van der Waals surface area contributed by atoms with Crippen molar-refractivity contribution in [1.29, 1.82) is 0 Å². The molecule has 0 N–H and O–H groups in total. The van der Waals surface area contributed by atoms with Crippen LogP contribution in [0.2, 0.25) is 0 Å². The van der Waals surface area contributed by atoms with Gasteiger partial charge in [-0.3, -0.25) is 4.98 Å². The largest absolute Gasteiger partial charge is 0.479 e. The van der Waals surface area contributed by atoms with Crippen LogP contribution in [0, 0.1) is 0 Å². The van der Waals surface area contributed by atoms with Crippen LogP contribution in [0.4, 0.5) is 0 Å². The van der Waals surface area contributed by atoms with Gasteiger partial charge in [0.1, 0.15) is 5.60 Å². The van der Waals surface area contributed by atoms with E-state index in [9.17, 15) is 0 Å². The summed E-state index contributed by atoms with van der Waals surface area (Å²) in [7, 11) is 0. The Bertz CT molecular complexity index is 456. The Kier molecular flexibility index (Phi) is 2.97. The highest BCUT2D eigenvalue weighted by Crippen LogP contribution is 2.34. The van der Waals surface area contributed by atoms with Gasteiger partial charge in [0.05, 0.1) is 0 Å². The smallest absolute Gasteiger partial charge is 0.175 e. The van der Waals surface area contributed by atoms with Crippen LogP contribution >= 0.6 is 11.3 Å². The number of hydrogen-bond donors (Lipinski definition) is 0. The van der Waals surface area contributed by atoms with E-state index in [-0.39, 0.29) is 5.60 Å². The Morgan fingerprint density at radius 1 is 1.19 bits per heavy atom. The SMILES string of the molecule is CC(C)(C)Oc1ccc(-c2cccnc2)s1. The lowest BCUT2D eigenvalue weighted by Crippen LogP contribution is -2.22. The molecule has 0 fully saturated rings. The summed E-state index contributed by atoms with van der Waals surface area (Å²) in [5.74, 6) is 0. The zero-order valence-electron chi connectivity index (χ0n) is 9.73. The highest BCUT2D eigenvalue weighted by molar-refractivity contribution is 7.17. The molecule has 2 rings (SSSR count). The Morgan fingerprint density at radius 3 is 2.62 bits per heavy atom. The highest BCUT2D eigenvalue weighted by atomic mass is 32.1. The van der Waals surface area contributed by atoms with E-state index >= 15 is 0 Å². The second-order valence-electron chi connectivity index (χ2n) is 4.57. The summed E-state index contributed by atoms with van der Waals surface area (Å²) >= 11 is 1.65. The van der Waals surface area contributed by atoms with Gasteiger partial charge in [0, 0.05) is 22.8 Å². The van der Waals surface area contributed by atoms with Crippen molar-refractivity contribution in [3.05, 3.63) is 36.7 Å². The van der Waals surface area contributed by atoms with Crippen LogP contribution in [0.1, 0.15) is 20.8 Å². The van der Waals surface area contributed by atoms with Gasteiger partial charge in [-0.15, -0.1) is 0 Å². The van der Waals surface area contributed by atoms with Crippen LogP contribution in [-0.4, -0.2) is 10.6 Å². The van der Waals surface area contributed by atoms with E-state index in [1.54, 1.807) is 17.5 Å². The van der Waals surface area contributed by atoms with Gasteiger partial charge in [-0.1, -0.05) is 17.4 Å². The Hall–Kier alpha value is -1.35. The van der Waals surface area contributed by atoms with E-state index in [0.29, 0.717) is 0 Å². The molecule has 0 aliphatic heterocycles. The minimum absolute atomic E-state index is 0.142. The number of ether oxygens (including phenoxy) is 1. The monoisotopic (exact) mass is 233 g/mol. The average molecular weight is 233 g/mol. The van der Waals surface area contributed by atoms with E-state index in [1.807, 2.05) is 18.3 Å². The Balaban J connectivity index is 2.21. The van der Waals surface area contributed by atoms with Gasteiger partial charge >= 0.3 is 0 Å². The molecule has 0 aromatic carbocycles. The number of nitrogens with zero attached hydrogens (tertiary/aromatic N) is 1. The first-order valence-corrected chi connectivity index (χ1v) is 6.05. The maximum Gasteiger partial charge on any atom is 0.175 e. The molecule has 0 radical (unpaired) electrons. The third-order valence-electron chi connectivity index (χ3n) is 1.93. The van der Waals surface area contributed by atoms with Crippen molar-refractivity contribution in [2.24, 2.45) is 0 Å². The minimum atomic E-state index is -0.142. The molecular weight excluding hydrogens is 218 g/mol. The number of thiophene rings is 1. The lowest BCUT2D eigenvalue weighted by Gasteiger charge is -2.19. The maximum absolute atomic E-state index is 5.80. The summed E-state index contributed by atoms with van der Waals surface area (Å²) < 4.78 is 5.80. The number of hydrogen-bond acceptors (Lipinski definition) is 3. The van der Waals surface area contributed by atoms with Crippen LogP contribution in [0.15, 0.2) is 36.7 Å². The molecule has 0 aliphatic carbocycles. The quantitative estimate of drug-likeness (QED) is 0.782. The normalized spacial score (nSPS) is 11.4. The summed E-state index contributed by atoms with van der Waals surface area (Å²) in [6, 6.07) is 8.08. The summed E-state index contributed by atoms with van der Waals surface area (Å²) in [5.41, 5.74) is 0.994. The van der Waals surface area contributed by atoms with Crippen LogP contribution < -0.4 is 4.74 Å². The highest BCUT2D eigenvalue weighted by Gasteiger charge is 2.13. The molecule has 2 nitrogen and oxygen atoms in total. The number of pyridine rings is 1. The molecule has 2 aromatic rings. The van der Waals surface area contributed by atoms with Crippen molar-refractivity contribution in [3.63, 3.8) is 0 Å². The van der Waals surface area contributed by atoms with E-state index in [1.165, 1.54) is 4.88 Å². The fourth-order valence-electron chi connectivity index (χ4n) is 1.34. The van der Waals surface area contributed by atoms with Gasteiger partial charge in [-0.05, 0) is 39.0 Å². The molecule has 0 unspecified atom stereocenters. The van der Waals surface area contributed by atoms with E-state index in [0.717, 1.165) is 10.6 Å². The third-order valence-corrected chi connectivity index (χ3v) is 2.95. The first-order chi connectivity index (χ1) is 7.54. The minimum Gasteiger partial charge on any atom is -0.479 e. The summed E-state index contributed by atoms with van der Waals surface area (Å²) in [4.78, 5) is 5.30. The lowest BCUT2D eigenvalue weighted by atomic mass is 10.2. The fourth-order valence-corrected chi connectivity index (χ4v) is 2.36. The molecule has 2 heterocycles. The average Bonchev–Trinajstić information content (AvgIpc) is 2.65. The predicted molar refractivity (Wildman–Crippen MR) is 67.9 cm³/mol. The van der Waals surface area contributed by atoms with Gasteiger partial charge < -0.3 is 4.74 Å². The van der Waals surface area contributed by atoms with Gasteiger partial charge in [0.2, 0.25) is 0 Å². The van der Waals surface area contributed by atoms with Crippen molar-refractivity contribution in [3.8, 4) is 15.5 Å². The fraction of sp³-hybridized carbons (Fsp3) is 0.308. The molecular formula is C13H15NOS. The molecule has 2 aromatic heterocycles. The Morgan fingerprint density at radius 2 is 2.00 bits per heavy atom. The van der Waals surface area contributed by atoms with Gasteiger partial charge in [-0.2, -0.15) is 0 Å². The van der Waals surface area contributed by atoms with E-state index < -0.39 is 0 Å². The van der Waals surface area contributed by atoms with Crippen molar-refractivity contribution >= 4 is 11.3 Å². The molecule has 0 amide bonds. The maximum atomic E-state index is 5.80. The molecule has 0 spiro atoms. The molecule has 3 heteroatoms. The second kappa shape index (κ2) is 4.26. The molecule has 84 valence electrons. The van der Waals surface area contributed by atoms with Crippen LogP contribution in [-0.2, 0) is 0 Å². The molecule has 0 saturated heterocycles. The number of rotatable bonds is 2. The predicted octanol–water partition coefficient (Wildman–Crippen LogP) is 3.99. The number of aromatic nitrogens is 1. The second-order valence-corrected chi connectivity index (χ2v) is 5.62. The molecule has 0 aliphatic rings. The van der Waals surface area contributed by atoms with Crippen molar-refractivity contribution in [2.45, 2.75) is 26.4 Å². The topological polar surface area (TPSA) is 22.1 Å². The molecule has 16 heavy (non-hydrogen) atoms. The van der Waals surface area contributed by atoms with Crippen molar-refractivity contribution in [1.82, 2.24) is 4.98 Å².